The van der Waals surface area contributed by atoms with E-state index in [1.54, 1.807) is 48.6 Å². The number of ketones is 1. The number of aliphatic hydroxyl groups excluding tert-OH is 1. The Morgan fingerprint density at radius 2 is 1.32 bits per heavy atom. The molecule has 0 heterocycles. The lowest BCUT2D eigenvalue weighted by atomic mass is 10.1. The summed E-state index contributed by atoms with van der Waals surface area (Å²) in [5.74, 6) is -0.138. The number of hydrogen-bond donors (Lipinski definition) is 3. The van der Waals surface area contributed by atoms with Gasteiger partial charge in [-0.15, -0.1) is 0 Å². The van der Waals surface area contributed by atoms with Crippen LogP contribution < -0.4 is 0 Å². The number of allylic oxidation sites excluding steroid dienone is 3. The van der Waals surface area contributed by atoms with Gasteiger partial charge < -0.3 is 15.3 Å². The maximum absolute atomic E-state index is 11.8. The van der Waals surface area contributed by atoms with Crippen molar-refractivity contribution < 1.29 is 20.1 Å². The van der Waals surface area contributed by atoms with Crippen molar-refractivity contribution in [2.75, 3.05) is 0 Å². The largest absolute Gasteiger partial charge is 0.508 e. The molecule has 0 atom stereocenters. The zero-order valence-corrected chi connectivity index (χ0v) is 17.2. The molecular formula is C19H14I2O4. The average molecular weight is 560 g/mol. The highest BCUT2D eigenvalue weighted by Gasteiger charge is 1.99. The van der Waals surface area contributed by atoms with Crippen LogP contribution in [0.5, 0.6) is 11.5 Å². The quantitative estimate of drug-likeness (QED) is 0.207. The first-order valence-electron chi connectivity index (χ1n) is 7.13. The summed E-state index contributed by atoms with van der Waals surface area (Å²) in [4.78, 5) is 11.8. The van der Waals surface area contributed by atoms with Gasteiger partial charge in [0.25, 0.3) is 0 Å². The summed E-state index contributed by atoms with van der Waals surface area (Å²) in [6.45, 7) is 0. The number of phenols is 2. The average Bonchev–Trinajstić information content (AvgIpc) is 2.57. The molecule has 0 spiro atoms. The molecule has 0 aromatic heterocycles. The predicted octanol–water partition coefficient (Wildman–Crippen LogP) is 5.04. The fourth-order valence-electron chi connectivity index (χ4n) is 1.86. The first-order chi connectivity index (χ1) is 11.8. The monoisotopic (exact) mass is 560 g/mol. The van der Waals surface area contributed by atoms with Crippen molar-refractivity contribution in [3.05, 3.63) is 78.7 Å². The van der Waals surface area contributed by atoms with Crippen LogP contribution in [0.15, 0.2) is 60.4 Å². The third-order valence-corrected chi connectivity index (χ3v) is 4.85. The fourth-order valence-corrected chi connectivity index (χ4v) is 2.93. The highest BCUT2D eigenvalue weighted by atomic mass is 127. The molecule has 2 aromatic rings. The van der Waals surface area contributed by atoms with E-state index in [2.05, 4.69) is 0 Å². The molecule has 6 heteroatoms. The Labute approximate surface area is 172 Å². The Morgan fingerprint density at radius 1 is 0.840 bits per heavy atom. The van der Waals surface area contributed by atoms with Gasteiger partial charge in [-0.1, -0.05) is 24.3 Å². The highest BCUT2D eigenvalue weighted by molar-refractivity contribution is 14.1. The molecule has 25 heavy (non-hydrogen) atoms. The minimum absolute atomic E-state index is 0.169. The summed E-state index contributed by atoms with van der Waals surface area (Å²) in [6.07, 6.45) is 7.13. The zero-order valence-electron chi connectivity index (χ0n) is 12.9. The van der Waals surface area contributed by atoms with E-state index in [1.807, 2.05) is 45.2 Å². The molecule has 0 aliphatic rings. The van der Waals surface area contributed by atoms with Crippen molar-refractivity contribution in [2.45, 2.75) is 0 Å². The first-order valence-corrected chi connectivity index (χ1v) is 9.29. The lowest BCUT2D eigenvalue weighted by Gasteiger charge is -1.98. The van der Waals surface area contributed by atoms with Gasteiger partial charge in [-0.2, -0.15) is 0 Å². The van der Waals surface area contributed by atoms with Crippen LogP contribution in [0.2, 0.25) is 0 Å². The maximum Gasteiger partial charge on any atom is 0.182 e. The van der Waals surface area contributed by atoms with Crippen molar-refractivity contribution in [1.82, 2.24) is 0 Å². The fraction of sp³-hybridized carbons (Fsp3) is 0. The summed E-state index contributed by atoms with van der Waals surface area (Å²) < 4.78 is 1.39. The lowest BCUT2D eigenvalue weighted by molar-refractivity contribution is -0.110. The molecule has 0 fully saturated rings. The Kier molecular flexibility index (Phi) is 7.06. The van der Waals surface area contributed by atoms with Gasteiger partial charge >= 0.3 is 0 Å². The highest BCUT2D eigenvalue weighted by Crippen LogP contribution is 2.22. The number of phenolic OH excluding ortho intramolecular Hbond substituents is 2. The summed E-state index contributed by atoms with van der Waals surface area (Å²) in [7, 11) is 0. The molecule has 0 aliphatic heterocycles. The second kappa shape index (κ2) is 9.04. The molecule has 0 bridgehead atoms. The zero-order chi connectivity index (χ0) is 18.4. The van der Waals surface area contributed by atoms with Crippen LogP contribution in [0, 0.1) is 7.14 Å². The van der Waals surface area contributed by atoms with Gasteiger partial charge in [0.1, 0.15) is 17.3 Å². The number of rotatable bonds is 5. The number of aromatic hydroxyl groups is 2. The number of hydrogen-bond acceptors (Lipinski definition) is 4. The van der Waals surface area contributed by atoms with Gasteiger partial charge in [-0.3, -0.25) is 4.79 Å². The molecule has 0 unspecified atom stereocenters. The van der Waals surface area contributed by atoms with E-state index in [1.165, 1.54) is 12.2 Å². The van der Waals surface area contributed by atoms with Crippen LogP contribution in [0.1, 0.15) is 11.1 Å². The summed E-state index contributed by atoms with van der Waals surface area (Å²) in [5, 5.41) is 28.7. The van der Waals surface area contributed by atoms with E-state index in [-0.39, 0.29) is 23.0 Å². The molecular weight excluding hydrogens is 546 g/mol. The normalized spacial score (nSPS) is 12.2. The Morgan fingerprint density at radius 3 is 1.80 bits per heavy atom. The number of carbonyl (C=O) groups is 1. The smallest absolute Gasteiger partial charge is 0.182 e. The molecule has 0 saturated carbocycles. The topological polar surface area (TPSA) is 77.8 Å². The minimum atomic E-state index is -0.356. The third-order valence-electron chi connectivity index (χ3n) is 3.12. The molecule has 0 saturated heterocycles. The number of benzene rings is 2. The van der Waals surface area contributed by atoms with Gasteiger partial charge in [-0.05, 0) is 92.7 Å². The van der Waals surface area contributed by atoms with E-state index < -0.39 is 0 Å². The summed E-state index contributed by atoms with van der Waals surface area (Å²) in [6, 6.07) is 10.0. The number of halogens is 2. The van der Waals surface area contributed by atoms with Gasteiger partial charge in [0, 0.05) is 6.08 Å². The Bertz CT molecular complexity index is 883. The minimum Gasteiger partial charge on any atom is -0.508 e. The van der Waals surface area contributed by atoms with Gasteiger partial charge in [0.15, 0.2) is 5.78 Å². The summed E-state index contributed by atoms with van der Waals surface area (Å²) >= 11 is 4.01. The van der Waals surface area contributed by atoms with E-state index in [4.69, 9.17) is 0 Å². The van der Waals surface area contributed by atoms with Crippen molar-refractivity contribution >= 4 is 63.1 Å². The second-order valence-corrected chi connectivity index (χ2v) is 7.38. The molecule has 0 aliphatic carbocycles. The van der Waals surface area contributed by atoms with Crippen LogP contribution in [0.4, 0.5) is 0 Å². The maximum atomic E-state index is 11.8. The first kappa shape index (κ1) is 19.5. The van der Waals surface area contributed by atoms with E-state index in [0.717, 1.165) is 17.2 Å². The molecule has 0 amide bonds. The Hall–Kier alpha value is -1.81. The van der Waals surface area contributed by atoms with Gasteiger partial charge in [0.2, 0.25) is 0 Å². The third kappa shape index (κ3) is 6.20. The Balaban J connectivity index is 2.03. The SMILES string of the molecule is O=C(/C=C(O)/C=C/c1ccc(O)c(I)c1)/C=C/c1ccc(O)c(I)c1. The number of carbonyl (C=O) groups excluding carboxylic acids is 1. The molecule has 128 valence electrons. The van der Waals surface area contributed by atoms with Crippen LogP contribution in [0.3, 0.4) is 0 Å². The van der Waals surface area contributed by atoms with Crippen molar-refractivity contribution in [1.29, 1.82) is 0 Å². The molecule has 4 nitrogen and oxygen atoms in total. The van der Waals surface area contributed by atoms with Crippen LogP contribution >= 0.6 is 45.2 Å². The second-order valence-electron chi connectivity index (χ2n) is 5.06. The van der Waals surface area contributed by atoms with Crippen molar-refractivity contribution in [2.24, 2.45) is 0 Å². The van der Waals surface area contributed by atoms with Crippen molar-refractivity contribution in [3.63, 3.8) is 0 Å². The molecule has 0 radical (unpaired) electrons. The number of aliphatic hydroxyl groups is 1. The molecule has 2 rings (SSSR count). The van der Waals surface area contributed by atoms with Gasteiger partial charge in [-0.25, -0.2) is 0 Å². The lowest BCUT2D eigenvalue weighted by Crippen LogP contribution is -1.89. The summed E-state index contributed by atoms with van der Waals surface area (Å²) in [5.41, 5.74) is 1.57. The van der Waals surface area contributed by atoms with E-state index in [0.29, 0.717) is 7.14 Å². The standard InChI is InChI=1S/C19H14I2O4/c20-16-9-12(3-7-18(16)24)1-5-14(22)11-15(23)6-2-13-4-8-19(25)17(21)10-13/h1-11,22,24-25H/b5-1+,6-2+,14-11-. The van der Waals surface area contributed by atoms with Crippen LogP contribution in [-0.2, 0) is 4.79 Å². The van der Waals surface area contributed by atoms with Gasteiger partial charge in [0.05, 0.1) is 7.14 Å². The molecule has 3 N–H and O–H groups in total. The molecule has 2 aromatic carbocycles. The van der Waals surface area contributed by atoms with E-state index >= 15 is 0 Å². The van der Waals surface area contributed by atoms with Crippen LogP contribution in [-0.4, -0.2) is 21.1 Å². The van der Waals surface area contributed by atoms with E-state index in [9.17, 15) is 20.1 Å². The van der Waals surface area contributed by atoms with Crippen molar-refractivity contribution in [3.8, 4) is 11.5 Å². The van der Waals surface area contributed by atoms with Crippen LogP contribution in [0.25, 0.3) is 12.2 Å². The predicted molar refractivity (Wildman–Crippen MR) is 115 cm³/mol.